The van der Waals surface area contributed by atoms with E-state index in [0.29, 0.717) is 21.6 Å². The molecule has 1 aromatic carbocycles. The van der Waals surface area contributed by atoms with E-state index in [0.717, 1.165) is 28.5 Å². The van der Waals surface area contributed by atoms with Crippen molar-refractivity contribution in [2.45, 2.75) is 26.7 Å². The van der Waals surface area contributed by atoms with Crippen LogP contribution in [0.5, 0.6) is 0 Å². The van der Waals surface area contributed by atoms with Gasteiger partial charge in [0.1, 0.15) is 11.5 Å². The normalized spacial score (nSPS) is 12.3. The smallest absolute Gasteiger partial charge is 0.181 e. The molecule has 0 unspecified atom stereocenters. The SMILES string of the molecule is CC[C@H](C)CC(=O)c1ccc(-c2cc3ccc(F)c(I)c3cn2)cn1. The van der Waals surface area contributed by atoms with Crippen LogP contribution in [0.25, 0.3) is 22.0 Å². The molecule has 0 bridgehead atoms. The summed E-state index contributed by atoms with van der Waals surface area (Å²) in [5.74, 6) is 0.185. The fourth-order valence-electron chi connectivity index (χ4n) is 2.59. The quantitative estimate of drug-likeness (QED) is 0.374. The van der Waals surface area contributed by atoms with Crippen LogP contribution in [0.15, 0.2) is 42.7 Å². The molecule has 5 heteroatoms. The zero-order valence-electron chi connectivity index (χ0n) is 14.1. The third-order valence-corrected chi connectivity index (χ3v) is 5.46. The van der Waals surface area contributed by atoms with E-state index in [1.165, 1.54) is 6.07 Å². The molecule has 128 valence electrons. The number of carbonyl (C=O) groups excluding carboxylic acids is 1. The summed E-state index contributed by atoms with van der Waals surface area (Å²) in [4.78, 5) is 20.9. The van der Waals surface area contributed by atoms with Gasteiger partial charge in [-0.15, -0.1) is 0 Å². The molecular formula is C20H18FIN2O. The number of aromatic nitrogens is 2. The van der Waals surface area contributed by atoms with Crippen LogP contribution in [0.1, 0.15) is 37.2 Å². The van der Waals surface area contributed by atoms with Crippen molar-refractivity contribution in [3.63, 3.8) is 0 Å². The van der Waals surface area contributed by atoms with Crippen molar-refractivity contribution in [3.05, 3.63) is 57.8 Å². The molecule has 0 aliphatic carbocycles. The number of benzene rings is 1. The number of nitrogens with zero attached hydrogens (tertiary/aromatic N) is 2. The van der Waals surface area contributed by atoms with Crippen LogP contribution in [-0.4, -0.2) is 15.8 Å². The first kappa shape index (κ1) is 17.9. The molecule has 0 fully saturated rings. The molecule has 25 heavy (non-hydrogen) atoms. The highest BCUT2D eigenvalue weighted by Crippen LogP contribution is 2.26. The van der Waals surface area contributed by atoms with Crippen LogP contribution in [0, 0.1) is 15.3 Å². The number of halogens is 2. The lowest BCUT2D eigenvalue weighted by atomic mass is 10.00. The number of carbonyl (C=O) groups is 1. The van der Waals surface area contributed by atoms with Gasteiger partial charge in [-0.2, -0.15) is 0 Å². The summed E-state index contributed by atoms with van der Waals surface area (Å²) in [6.45, 7) is 4.14. The second-order valence-electron chi connectivity index (χ2n) is 6.22. The van der Waals surface area contributed by atoms with Crippen LogP contribution >= 0.6 is 22.6 Å². The summed E-state index contributed by atoms with van der Waals surface area (Å²) in [7, 11) is 0. The van der Waals surface area contributed by atoms with Crippen molar-refractivity contribution >= 4 is 39.1 Å². The Labute approximate surface area is 159 Å². The molecule has 2 heterocycles. The van der Waals surface area contributed by atoms with E-state index in [2.05, 4.69) is 23.8 Å². The van der Waals surface area contributed by atoms with E-state index in [9.17, 15) is 9.18 Å². The first-order chi connectivity index (χ1) is 12.0. The first-order valence-corrected chi connectivity index (χ1v) is 9.31. The van der Waals surface area contributed by atoms with Crippen molar-refractivity contribution in [1.29, 1.82) is 0 Å². The van der Waals surface area contributed by atoms with Gasteiger partial charge in [-0.25, -0.2) is 4.39 Å². The van der Waals surface area contributed by atoms with Gasteiger partial charge in [-0.1, -0.05) is 26.3 Å². The lowest BCUT2D eigenvalue weighted by Crippen LogP contribution is -2.07. The second-order valence-corrected chi connectivity index (χ2v) is 7.30. The lowest BCUT2D eigenvalue weighted by Gasteiger charge is -2.08. The highest BCUT2D eigenvalue weighted by Gasteiger charge is 2.12. The Bertz CT molecular complexity index is 925. The highest BCUT2D eigenvalue weighted by molar-refractivity contribution is 14.1. The van der Waals surface area contributed by atoms with E-state index in [-0.39, 0.29) is 11.6 Å². The average Bonchev–Trinajstić information content (AvgIpc) is 2.64. The number of ketones is 1. The minimum atomic E-state index is -0.242. The third-order valence-electron chi connectivity index (χ3n) is 4.37. The Morgan fingerprint density at radius 2 is 2.00 bits per heavy atom. The highest BCUT2D eigenvalue weighted by atomic mass is 127. The van der Waals surface area contributed by atoms with Crippen LogP contribution in [0.2, 0.25) is 0 Å². The van der Waals surface area contributed by atoms with E-state index in [1.54, 1.807) is 24.5 Å². The lowest BCUT2D eigenvalue weighted by molar-refractivity contribution is 0.0959. The van der Waals surface area contributed by atoms with Gasteiger partial charge in [0.25, 0.3) is 0 Å². The molecule has 0 aliphatic rings. The van der Waals surface area contributed by atoms with Crippen LogP contribution in [-0.2, 0) is 0 Å². The number of hydrogen-bond acceptors (Lipinski definition) is 3. The zero-order chi connectivity index (χ0) is 18.0. The summed E-state index contributed by atoms with van der Waals surface area (Å²) < 4.78 is 14.2. The molecule has 3 aromatic rings. The minimum absolute atomic E-state index is 0.0670. The van der Waals surface area contributed by atoms with Crippen LogP contribution in [0.4, 0.5) is 4.39 Å². The van der Waals surface area contributed by atoms with Crippen LogP contribution < -0.4 is 0 Å². The van der Waals surface area contributed by atoms with Gasteiger partial charge in [0.15, 0.2) is 5.78 Å². The predicted octanol–water partition coefficient (Wildman–Crippen LogP) is 5.66. The monoisotopic (exact) mass is 448 g/mol. The maximum absolute atomic E-state index is 13.6. The summed E-state index contributed by atoms with van der Waals surface area (Å²) in [5.41, 5.74) is 2.08. The average molecular weight is 448 g/mol. The maximum Gasteiger partial charge on any atom is 0.181 e. The fraction of sp³-hybridized carbons (Fsp3) is 0.250. The van der Waals surface area contributed by atoms with Crippen LogP contribution in [0.3, 0.4) is 0 Å². The Balaban J connectivity index is 1.88. The molecule has 1 atom stereocenters. The van der Waals surface area contributed by atoms with Crippen molar-refractivity contribution < 1.29 is 9.18 Å². The third kappa shape index (κ3) is 3.86. The fourth-order valence-corrected chi connectivity index (χ4v) is 3.22. The molecule has 0 N–H and O–H groups in total. The second kappa shape index (κ2) is 7.56. The van der Waals surface area contributed by atoms with Crippen molar-refractivity contribution in [3.8, 4) is 11.3 Å². The Hall–Kier alpha value is -1.89. The first-order valence-electron chi connectivity index (χ1n) is 8.23. The van der Waals surface area contributed by atoms with Gasteiger partial charge in [0.05, 0.1) is 9.26 Å². The molecule has 0 saturated carbocycles. The van der Waals surface area contributed by atoms with Gasteiger partial charge < -0.3 is 0 Å². The zero-order valence-corrected chi connectivity index (χ0v) is 16.2. The number of rotatable bonds is 5. The standard InChI is InChI=1S/C20H18FIN2O/c1-3-12(2)8-19(25)17-7-5-14(10-23-17)18-9-13-4-6-16(21)20(22)15(13)11-24-18/h4-7,9-12H,3,8H2,1-2H3/t12-/m0/s1. The van der Waals surface area contributed by atoms with Gasteiger partial charge >= 0.3 is 0 Å². The summed E-state index contributed by atoms with van der Waals surface area (Å²) in [5, 5.41) is 1.71. The molecule has 0 saturated heterocycles. The van der Waals surface area contributed by atoms with E-state index < -0.39 is 0 Å². The van der Waals surface area contributed by atoms with Gasteiger partial charge in [-0.3, -0.25) is 14.8 Å². The summed E-state index contributed by atoms with van der Waals surface area (Å²) in [6, 6.07) is 8.73. The number of pyridine rings is 2. The Morgan fingerprint density at radius 1 is 1.20 bits per heavy atom. The molecule has 0 radical (unpaired) electrons. The molecular weight excluding hydrogens is 430 g/mol. The van der Waals surface area contributed by atoms with Gasteiger partial charge in [-0.05, 0) is 58.2 Å². The van der Waals surface area contributed by atoms with E-state index in [1.807, 2.05) is 34.7 Å². The van der Waals surface area contributed by atoms with Gasteiger partial charge in [0, 0.05) is 29.8 Å². The summed E-state index contributed by atoms with van der Waals surface area (Å²) >= 11 is 1.99. The predicted molar refractivity (Wildman–Crippen MR) is 106 cm³/mol. The van der Waals surface area contributed by atoms with Crippen molar-refractivity contribution in [2.75, 3.05) is 0 Å². The maximum atomic E-state index is 13.6. The molecule has 3 rings (SSSR count). The topological polar surface area (TPSA) is 42.9 Å². The minimum Gasteiger partial charge on any atom is -0.292 e. The van der Waals surface area contributed by atoms with Crippen molar-refractivity contribution in [1.82, 2.24) is 9.97 Å². The molecule has 0 aliphatic heterocycles. The molecule has 0 amide bonds. The van der Waals surface area contributed by atoms with E-state index >= 15 is 0 Å². The van der Waals surface area contributed by atoms with Gasteiger partial charge in [0.2, 0.25) is 0 Å². The number of fused-ring (bicyclic) bond motifs is 1. The van der Waals surface area contributed by atoms with E-state index in [4.69, 9.17) is 0 Å². The number of Topliss-reactive ketones (excluding diaryl/α,β-unsaturated/α-hetero) is 1. The summed E-state index contributed by atoms with van der Waals surface area (Å²) in [6.07, 6.45) is 4.84. The largest absolute Gasteiger partial charge is 0.292 e. The molecule has 0 spiro atoms. The van der Waals surface area contributed by atoms with Crippen molar-refractivity contribution in [2.24, 2.45) is 5.92 Å². The Kier molecular flexibility index (Phi) is 5.42. The molecule has 2 aromatic heterocycles. The Morgan fingerprint density at radius 3 is 2.68 bits per heavy atom. The molecule has 3 nitrogen and oxygen atoms in total. The number of hydrogen-bond donors (Lipinski definition) is 0.